The first kappa shape index (κ1) is 22.5. The van der Waals surface area contributed by atoms with E-state index in [-0.39, 0.29) is 61.6 Å². The molecule has 0 atom stereocenters. The van der Waals surface area contributed by atoms with Crippen molar-refractivity contribution in [2.45, 2.75) is 0 Å². The molecular formula is C14H12O6Zn2. The van der Waals surface area contributed by atoms with Gasteiger partial charge in [0.25, 0.3) is 0 Å². The van der Waals surface area contributed by atoms with Gasteiger partial charge >= 0.3 is 11.9 Å². The van der Waals surface area contributed by atoms with Crippen LogP contribution in [-0.2, 0) is 39.0 Å². The summed E-state index contributed by atoms with van der Waals surface area (Å²) in [5, 5.41) is 34.3. The molecule has 22 heavy (non-hydrogen) atoms. The molecule has 108 valence electrons. The van der Waals surface area contributed by atoms with Crippen LogP contribution in [0.25, 0.3) is 0 Å². The maximum absolute atomic E-state index is 10.2. The predicted molar refractivity (Wildman–Crippen MR) is 70.1 cm³/mol. The summed E-state index contributed by atoms with van der Waals surface area (Å²) in [6.07, 6.45) is 0. The third kappa shape index (κ3) is 7.86. The summed E-state index contributed by atoms with van der Waals surface area (Å²) in [6.45, 7) is 0. The van der Waals surface area contributed by atoms with Crippen molar-refractivity contribution in [3.63, 3.8) is 0 Å². The molecule has 0 saturated carbocycles. The van der Waals surface area contributed by atoms with Crippen molar-refractivity contribution in [2.24, 2.45) is 0 Å². The number of hydrogen-bond acceptors (Lipinski definition) is 4. The second-order valence-corrected chi connectivity index (χ2v) is 3.70. The molecule has 0 aromatic heterocycles. The van der Waals surface area contributed by atoms with Crippen molar-refractivity contribution in [3.8, 4) is 11.5 Å². The van der Waals surface area contributed by atoms with E-state index in [1.807, 2.05) is 0 Å². The van der Waals surface area contributed by atoms with Crippen molar-refractivity contribution >= 4 is 11.9 Å². The van der Waals surface area contributed by atoms with Gasteiger partial charge < -0.3 is 20.4 Å². The minimum absolute atomic E-state index is 0. The van der Waals surface area contributed by atoms with Crippen LogP contribution in [0.5, 0.6) is 11.5 Å². The Hall–Kier alpha value is -1.77. The largest absolute Gasteiger partial charge is 0.508 e. The van der Waals surface area contributed by atoms with Gasteiger partial charge in [0.15, 0.2) is 0 Å². The van der Waals surface area contributed by atoms with Gasteiger partial charge in [-0.1, -0.05) is 0 Å². The van der Waals surface area contributed by atoms with E-state index in [0.29, 0.717) is 0 Å². The van der Waals surface area contributed by atoms with Gasteiger partial charge in [-0.25, -0.2) is 9.59 Å². The van der Waals surface area contributed by atoms with Gasteiger partial charge in [0.05, 0.1) is 11.1 Å². The minimum Gasteiger partial charge on any atom is -0.508 e. The average Bonchev–Trinajstić information content (AvgIpc) is 2.40. The van der Waals surface area contributed by atoms with Gasteiger partial charge in [-0.2, -0.15) is 0 Å². The molecule has 0 saturated heterocycles. The Morgan fingerprint density at radius 2 is 0.818 bits per heavy atom. The van der Waals surface area contributed by atoms with E-state index < -0.39 is 11.9 Å². The first-order valence-corrected chi connectivity index (χ1v) is 5.45. The molecule has 0 aliphatic heterocycles. The quantitative estimate of drug-likeness (QED) is 0.568. The van der Waals surface area contributed by atoms with Crippen LogP contribution >= 0.6 is 0 Å². The van der Waals surface area contributed by atoms with Gasteiger partial charge in [0.2, 0.25) is 0 Å². The Morgan fingerprint density at radius 3 is 1.00 bits per heavy atom. The molecule has 0 aliphatic carbocycles. The molecule has 2 aromatic rings. The van der Waals surface area contributed by atoms with Crippen LogP contribution in [0.15, 0.2) is 48.5 Å². The first-order chi connectivity index (χ1) is 9.40. The number of aromatic carboxylic acids is 2. The van der Waals surface area contributed by atoms with E-state index in [9.17, 15) is 9.59 Å². The standard InChI is InChI=1S/2C7H6O3.2Zn/c2*8-6-3-1-5(2-4-6)7(9)10;;/h2*1-4,8H,(H,9,10);;. The summed E-state index contributed by atoms with van der Waals surface area (Å²) >= 11 is 0. The van der Waals surface area contributed by atoms with E-state index in [0.717, 1.165) is 0 Å². The number of phenolic OH excluding ortho intramolecular Hbond substituents is 2. The number of phenols is 2. The van der Waals surface area contributed by atoms with Gasteiger partial charge in [-0.3, -0.25) is 0 Å². The molecule has 2 rings (SSSR count). The van der Waals surface area contributed by atoms with Crippen molar-refractivity contribution < 1.29 is 69.0 Å². The Morgan fingerprint density at radius 1 is 0.591 bits per heavy atom. The fourth-order valence-corrected chi connectivity index (χ4v) is 1.21. The topological polar surface area (TPSA) is 115 Å². The molecule has 0 radical (unpaired) electrons. The zero-order valence-corrected chi connectivity index (χ0v) is 17.6. The Bertz CT molecular complexity index is 540. The number of hydrogen-bond donors (Lipinski definition) is 4. The van der Waals surface area contributed by atoms with Gasteiger partial charge in [-0.15, -0.1) is 0 Å². The molecule has 0 spiro atoms. The maximum atomic E-state index is 10.2. The summed E-state index contributed by atoms with van der Waals surface area (Å²) < 4.78 is 0. The van der Waals surface area contributed by atoms with E-state index in [2.05, 4.69) is 0 Å². The molecule has 0 fully saturated rings. The molecular weight excluding hydrogens is 395 g/mol. The van der Waals surface area contributed by atoms with Gasteiger partial charge in [0.1, 0.15) is 11.5 Å². The van der Waals surface area contributed by atoms with Crippen molar-refractivity contribution in [3.05, 3.63) is 59.7 Å². The summed E-state index contributed by atoms with van der Waals surface area (Å²) in [4.78, 5) is 20.5. The van der Waals surface area contributed by atoms with E-state index in [4.69, 9.17) is 20.4 Å². The second kappa shape index (κ2) is 10.9. The van der Waals surface area contributed by atoms with Crippen LogP contribution in [0.1, 0.15) is 20.7 Å². The maximum Gasteiger partial charge on any atom is 0.335 e. The van der Waals surface area contributed by atoms with Gasteiger partial charge in [0, 0.05) is 39.0 Å². The third-order valence-electron chi connectivity index (χ3n) is 2.23. The second-order valence-electron chi connectivity index (χ2n) is 3.70. The number of aromatic hydroxyl groups is 2. The van der Waals surface area contributed by atoms with E-state index >= 15 is 0 Å². The minimum atomic E-state index is -0.986. The fraction of sp³-hybridized carbons (Fsp3) is 0. The fourth-order valence-electron chi connectivity index (χ4n) is 1.21. The van der Waals surface area contributed by atoms with Gasteiger partial charge in [-0.05, 0) is 48.5 Å². The number of benzene rings is 2. The Balaban J connectivity index is 0. The molecule has 0 unspecified atom stereocenters. The Kier molecular flexibility index (Phi) is 11.1. The monoisotopic (exact) mass is 404 g/mol. The third-order valence-corrected chi connectivity index (χ3v) is 2.23. The zero-order valence-electron chi connectivity index (χ0n) is 11.6. The molecule has 0 bridgehead atoms. The number of carboxylic acids is 2. The van der Waals surface area contributed by atoms with Crippen LogP contribution in [-0.4, -0.2) is 32.4 Å². The van der Waals surface area contributed by atoms with Crippen LogP contribution in [0, 0.1) is 0 Å². The van der Waals surface area contributed by atoms with Crippen molar-refractivity contribution in [2.75, 3.05) is 0 Å². The van der Waals surface area contributed by atoms with Crippen molar-refractivity contribution in [1.29, 1.82) is 0 Å². The molecule has 0 amide bonds. The zero-order chi connectivity index (χ0) is 15.1. The van der Waals surface area contributed by atoms with Crippen molar-refractivity contribution in [1.82, 2.24) is 0 Å². The molecule has 8 heteroatoms. The SMILES string of the molecule is O=C(O)c1ccc(O)cc1.O=C(O)c1ccc(O)cc1.[Zn].[Zn]. The summed E-state index contributed by atoms with van der Waals surface area (Å²) in [6, 6.07) is 10.7. The number of rotatable bonds is 2. The summed E-state index contributed by atoms with van der Waals surface area (Å²) in [5.74, 6) is -1.82. The van der Waals surface area contributed by atoms with Crippen LogP contribution in [0.4, 0.5) is 0 Å². The van der Waals surface area contributed by atoms with Crippen LogP contribution in [0.3, 0.4) is 0 Å². The average molecular weight is 407 g/mol. The molecule has 0 aliphatic rings. The van der Waals surface area contributed by atoms with E-state index in [1.165, 1.54) is 48.5 Å². The summed E-state index contributed by atoms with van der Waals surface area (Å²) in [7, 11) is 0. The Labute approximate surface area is 151 Å². The molecule has 0 heterocycles. The smallest absolute Gasteiger partial charge is 0.335 e. The number of carbonyl (C=O) groups is 2. The predicted octanol–water partition coefficient (Wildman–Crippen LogP) is 2.18. The molecule has 6 nitrogen and oxygen atoms in total. The van der Waals surface area contributed by atoms with Crippen LogP contribution in [0.2, 0.25) is 0 Å². The number of carboxylic acid groups (broad SMARTS) is 2. The van der Waals surface area contributed by atoms with Crippen LogP contribution < -0.4 is 0 Å². The molecule has 4 N–H and O–H groups in total. The first-order valence-electron chi connectivity index (χ1n) is 5.45. The molecule has 2 aromatic carbocycles. The van der Waals surface area contributed by atoms with E-state index in [1.54, 1.807) is 0 Å². The normalized spacial score (nSPS) is 8.36. The summed E-state index contributed by atoms with van der Waals surface area (Å²) in [5.41, 5.74) is 0.357.